The summed E-state index contributed by atoms with van der Waals surface area (Å²) in [5.74, 6) is 1.84. The Balaban J connectivity index is 1.79. The molecule has 0 aliphatic heterocycles. The average molecular weight is 214 g/mol. The molecule has 2 unspecified atom stereocenters. The highest BCUT2D eigenvalue weighted by molar-refractivity contribution is 7.09. The van der Waals surface area contributed by atoms with Crippen LogP contribution in [0, 0.1) is 11.8 Å². The first kappa shape index (κ1) is 10.9. The average Bonchev–Trinajstić information content (AvgIpc) is 2.86. The summed E-state index contributed by atoms with van der Waals surface area (Å²) in [5, 5.41) is 0. The first-order valence-corrected chi connectivity index (χ1v) is 6.73. The van der Waals surface area contributed by atoms with E-state index in [1.807, 2.05) is 0 Å². The molecule has 2 aliphatic rings. The molecule has 2 atom stereocenters. The van der Waals surface area contributed by atoms with Gasteiger partial charge in [-0.2, -0.15) is 0 Å². The van der Waals surface area contributed by atoms with Gasteiger partial charge < -0.3 is 4.52 Å². The second kappa shape index (κ2) is 5.47. The van der Waals surface area contributed by atoms with Crippen LogP contribution in [0.3, 0.4) is 0 Å². The van der Waals surface area contributed by atoms with Gasteiger partial charge in [0.2, 0.25) is 0 Å². The van der Waals surface area contributed by atoms with E-state index in [-0.39, 0.29) is 0 Å². The zero-order chi connectivity index (χ0) is 9.80. The lowest BCUT2D eigenvalue weighted by Gasteiger charge is -2.24. The lowest BCUT2D eigenvalue weighted by atomic mass is 9.91. The predicted octanol–water partition coefficient (Wildman–Crippen LogP) is 3.93. The Morgan fingerprint density at radius 2 is 1.57 bits per heavy atom. The van der Waals surface area contributed by atoms with Crippen LogP contribution in [0.4, 0.5) is 0 Å². The van der Waals surface area contributed by atoms with Crippen LogP contribution in [0.25, 0.3) is 0 Å². The topological polar surface area (TPSA) is 9.23 Å². The van der Waals surface area contributed by atoms with E-state index >= 15 is 0 Å². The van der Waals surface area contributed by atoms with Crippen molar-refractivity contribution in [3.63, 3.8) is 0 Å². The van der Waals surface area contributed by atoms with E-state index in [1.165, 1.54) is 57.8 Å². The number of hydrogen-bond donors (Lipinski definition) is 0. The van der Waals surface area contributed by atoms with Crippen LogP contribution in [-0.4, -0.2) is 6.10 Å². The fourth-order valence-corrected chi connectivity index (χ4v) is 3.60. The maximum absolute atomic E-state index is 5.61. The summed E-state index contributed by atoms with van der Waals surface area (Å²) in [4.78, 5) is 0. The van der Waals surface area contributed by atoms with Crippen LogP contribution in [-0.2, 0) is 4.52 Å². The molecule has 0 spiro atoms. The molecule has 2 heteroatoms. The Labute approximate surface area is 90.3 Å². The minimum Gasteiger partial charge on any atom is -0.362 e. The van der Waals surface area contributed by atoms with Gasteiger partial charge in [-0.15, -0.1) is 0 Å². The SMILES string of the molecule is POC(CC1CCCC1)C1CCCC1. The van der Waals surface area contributed by atoms with Crippen molar-refractivity contribution >= 4 is 9.47 Å². The highest BCUT2D eigenvalue weighted by atomic mass is 31.0. The molecule has 1 nitrogen and oxygen atoms in total. The number of hydrogen-bond acceptors (Lipinski definition) is 1. The second-order valence-corrected chi connectivity index (χ2v) is 5.38. The van der Waals surface area contributed by atoms with Gasteiger partial charge in [0, 0.05) is 9.47 Å². The maximum atomic E-state index is 5.61. The van der Waals surface area contributed by atoms with E-state index in [0.29, 0.717) is 6.10 Å². The van der Waals surface area contributed by atoms with Gasteiger partial charge in [0.15, 0.2) is 0 Å². The molecule has 0 N–H and O–H groups in total. The van der Waals surface area contributed by atoms with Crippen molar-refractivity contribution in [1.29, 1.82) is 0 Å². The molecule has 14 heavy (non-hydrogen) atoms. The monoisotopic (exact) mass is 214 g/mol. The zero-order valence-corrected chi connectivity index (χ0v) is 10.2. The quantitative estimate of drug-likeness (QED) is 0.644. The Hall–Kier alpha value is 0.390. The molecule has 0 saturated heterocycles. The summed E-state index contributed by atoms with van der Waals surface area (Å²) in [6.07, 6.45) is 13.4. The third-order valence-corrected chi connectivity index (χ3v) is 4.49. The van der Waals surface area contributed by atoms with Crippen molar-refractivity contribution in [2.75, 3.05) is 0 Å². The normalized spacial score (nSPS) is 27.2. The fraction of sp³-hybridized carbons (Fsp3) is 1.00. The first-order chi connectivity index (χ1) is 6.90. The van der Waals surface area contributed by atoms with E-state index in [0.717, 1.165) is 11.8 Å². The Morgan fingerprint density at radius 1 is 1.00 bits per heavy atom. The van der Waals surface area contributed by atoms with Crippen LogP contribution in [0.2, 0.25) is 0 Å². The lowest BCUT2D eigenvalue weighted by Crippen LogP contribution is -2.21. The molecule has 0 bridgehead atoms. The molecule has 0 aromatic carbocycles. The van der Waals surface area contributed by atoms with Crippen LogP contribution in [0.5, 0.6) is 0 Å². The molecule has 82 valence electrons. The van der Waals surface area contributed by atoms with Crippen molar-refractivity contribution in [3.05, 3.63) is 0 Å². The maximum Gasteiger partial charge on any atom is 0.0641 e. The van der Waals surface area contributed by atoms with Crippen molar-refractivity contribution in [1.82, 2.24) is 0 Å². The van der Waals surface area contributed by atoms with E-state index in [2.05, 4.69) is 9.47 Å². The summed E-state index contributed by atoms with van der Waals surface area (Å²) in [7, 11) is 2.50. The number of rotatable bonds is 4. The van der Waals surface area contributed by atoms with Crippen LogP contribution < -0.4 is 0 Å². The van der Waals surface area contributed by atoms with Gasteiger partial charge in [-0.1, -0.05) is 38.5 Å². The van der Waals surface area contributed by atoms with Gasteiger partial charge in [0.05, 0.1) is 6.10 Å². The van der Waals surface area contributed by atoms with Gasteiger partial charge in [0.25, 0.3) is 0 Å². The molecule has 0 radical (unpaired) electrons. The zero-order valence-electron chi connectivity index (χ0n) is 9.08. The molecule has 2 saturated carbocycles. The third-order valence-electron chi connectivity index (χ3n) is 4.14. The summed E-state index contributed by atoms with van der Waals surface area (Å²) in [5.41, 5.74) is 0. The van der Waals surface area contributed by atoms with Crippen molar-refractivity contribution in [3.8, 4) is 0 Å². The minimum absolute atomic E-state index is 0.547. The largest absolute Gasteiger partial charge is 0.362 e. The predicted molar refractivity (Wildman–Crippen MR) is 63.1 cm³/mol. The van der Waals surface area contributed by atoms with E-state index in [9.17, 15) is 0 Å². The Kier molecular flexibility index (Phi) is 4.25. The molecule has 2 rings (SSSR count). The summed E-state index contributed by atoms with van der Waals surface area (Å²) in [6.45, 7) is 0. The summed E-state index contributed by atoms with van der Waals surface area (Å²) >= 11 is 0. The third kappa shape index (κ3) is 2.70. The summed E-state index contributed by atoms with van der Waals surface area (Å²) < 4.78 is 5.61. The van der Waals surface area contributed by atoms with Gasteiger partial charge in [-0.3, -0.25) is 0 Å². The van der Waals surface area contributed by atoms with Gasteiger partial charge >= 0.3 is 0 Å². The highest BCUT2D eigenvalue weighted by Crippen LogP contribution is 2.37. The van der Waals surface area contributed by atoms with E-state index < -0.39 is 0 Å². The smallest absolute Gasteiger partial charge is 0.0641 e. The molecule has 0 aromatic heterocycles. The molecular formula is C12H23OP. The second-order valence-electron chi connectivity index (χ2n) is 5.11. The minimum atomic E-state index is 0.547. The van der Waals surface area contributed by atoms with Gasteiger partial charge in [-0.25, -0.2) is 0 Å². The van der Waals surface area contributed by atoms with Crippen molar-refractivity contribution < 1.29 is 4.52 Å². The fourth-order valence-electron chi connectivity index (χ4n) is 3.26. The lowest BCUT2D eigenvalue weighted by molar-refractivity contribution is 0.132. The van der Waals surface area contributed by atoms with Crippen LogP contribution >= 0.6 is 9.47 Å². The summed E-state index contributed by atoms with van der Waals surface area (Å²) in [6, 6.07) is 0. The van der Waals surface area contributed by atoms with Crippen LogP contribution in [0.15, 0.2) is 0 Å². The Morgan fingerprint density at radius 3 is 2.14 bits per heavy atom. The molecule has 0 heterocycles. The molecular weight excluding hydrogens is 191 g/mol. The van der Waals surface area contributed by atoms with E-state index in [1.54, 1.807) is 0 Å². The molecule has 0 amide bonds. The Bertz CT molecular complexity index is 160. The standard InChI is InChI=1S/C12H23OP/c14-13-12(11-7-3-4-8-11)9-10-5-1-2-6-10/h10-12H,1-9,14H2. The van der Waals surface area contributed by atoms with Crippen molar-refractivity contribution in [2.45, 2.75) is 63.9 Å². The van der Waals surface area contributed by atoms with Crippen molar-refractivity contribution in [2.24, 2.45) is 11.8 Å². The van der Waals surface area contributed by atoms with Crippen LogP contribution in [0.1, 0.15) is 57.8 Å². The van der Waals surface area contributed by atoms with Gasteiger partial charge in [0.1, 0.15) is 0 Å². The van der Waals surface area contributed by atoms with Gasteiger partial charge in [-0.05, 0) is 31.1 Å². The first-order valence-electron chi connectivity index (χ1n) is 6.25. The van der Waals surface area contributed by atoms with E-state index in [4.69, 9.17) is 4.52 Å². The molecule has 2 aliphatic carbocycles. The molecule has 2 fully saturated rings. The highest BCUT2D eigenvalue weighted by Gasteiger charge is 2.28. The molecule has 0 aromatic rings.